The number of carbonyl (C=O) groups is 2. The van der Waals surface area contributed by atoms with Gasteiger partial charge in [-0.3, -0.25) is 9.89 Å². The molecule has 28 heavy (non-hydrogen) atoms. The first-order chi connectivity index (χ1) is 13.6. The molecule has 0 atom stereocenters. The van der Waals surface area contributed by atoms with Crippen molar-refractivity contribution in [2.24, 2.45) is 0 Å². The van der Waals surface area contributed by atoms with Crippen molar-refractivity contribution in [1.29, 1.82) is 0 Å². The maximum atomic E-state index is 12.9. The molecular weight excluding hydrogens is 358 g/mol. The SMILES string of the molecule is COC(=O)N(C)CCN(C(=O)/C=C/c1[nH]nc2ncccc12)c1ccccc1. The molecule has 3 rings (SSSR count). The second-order valence-electron chi connectivity index (χ2n) is 6.06. The van der Waals surface area contributed by atoms with Gasteiger partial charge in [0.15, 0.2) is 5.65 Å². The lowest BCUT2D eigenvalue weighted by Crippen LogP contribution is -2.38. The van der Waals surface area contributed by atoms with Crippen LogP contribution in [0.5, 0.6) is 0 Å². The van der Waals surface area contributed by atoms with E-state index >= 15 is 0 Å². The van der Waals surface area contributed by atoms with Crippen LogP contribution in [0.3, 0.4) is 0 Å². The molecule has 3 aromatic rings. The van der Waals surface area contributed by atoms with Crippen molar-refractivity contribution >= 4 is 34.8 Å². The van der Waals surface area contributed by atoms with E-state index in [-0.39, 0.29) is 5.91 Å². The highest BCUT2D eigenvalue weighted by molar-refractivity contribution is 6.04. The van der Waals surface area contributed by atoms with Crippen molar-refractivity contribution in [2.75, 3.05) is 32.1 Å². The zero-order valence-electron chi connectivity index (χ0n) is 15.7. The van der Waals surface area contributed by atoms with Gasteiger partial charge in [0.2, 0.25) is 0 Å². The summed E-state index contributed by atoms with van der Waals surface area (Å²) in [4.78, 5) is 31.7. The number of amides is 2. The lowest BCUT2D eigenvalue weighted by atomic mass is 10.2. The number of anilines is 1. The number of aromatic amines is 1. The lowest BCUT2D eigenvalue weighted by Gasteiger charge is -2.24. The number of nitrogens with zero attached hydrogens (tertiary/aromatic N) is 4. The van der Waals surface area contributed by atoms with Crippen molar-refractivity contribution in [1.82, 2.24) is 20.1 Å². The van der Waals surface area contributed by atoms with Gasteiger partial charge in [0, 0.05) is 43.5 Å². The summed E-state index contributed by atoms with van der Waals surface area (Å²) < 4.78 is 4.70. The van der Waals surface area contributed by atoms with Crippen LogP contribution in [0, 0.1) is 0 Å². The number of fused-ring (bicyclic) bond motifs is 1. The number of methoxy groups -OCH3 is 1. The fraction of sp³-hybridized carbons (Fsp3) is 0.200. The third-order valence-electron chi connectivity index (χ3n) is 4.23. The monoisotopic (exact) mass is 379 g/mol. The molecule has 0 aliphatic heterocycles. The van der Waals surface area contributed by atoms with Gasteiger partial charge in [0.1, 0.15) is 0 Å². The Morgan fingerprint density at radius 1 is 1.14 bits per heavy atom. The highest BCUT2D eigenvalue weighted by atomic mass is 16.5. The van der Waals surface area contributed by atoms with Gasteiger partial charge in [0.25, 0.3) is 5.91 Å². The van der Waals surface area contributed by atoms with Crippen LogP contribution in [0.2, 0.25) is 0 Å². The lowest BCUT2D eigenvalue weighted by molar-refractivity contribution is -0.114. The third kappa shape index (κ3) is 4.35. The number of hydrogen-bond donors (Lipinski definition) is 1. The highest BCUT2D eigenvalue weighted by Gasteiger charge is 2.16. The number of pyridine rings is 1. The van der Waals surface area contributed by atoms with Gasteiger partial charge in [-0.25, -0.2) is 9.78 Å². The number of ether oxygens (including phenoxy) is 1. The Balaban J connectivity index is 1.79. The number of nitrogens with one attached hydrogen (secondary N) is 1. The Bertz CT molecular complexity index is 984. The summed E-state index contributed by atoms with van der Waals surface area (Å²) in [6, 6.07) is 13.0. The van der Waals surface area contributed by atoms with Crippen molar-refractivity contribution < 1.29 is 14.3 Å². The van der Waals surface area contributed by atoms with Crippen LogP contribution < -0.4 is 4.90 Å². The molecule has 2 heterocycles. The number of aromatic nitrogens is 3. The summed E-state index contributed by atoms with van der Waals surface area (Å²) in [7, 11) is 2.95. The van der Waals surface area contributed by atoms with E-state index in [4.69, 9.17) is 4.74 Å². The number of rotatable bonds is 6. The van der Waals surface area contributed by atoms with E-state index in [1.165, 1.54) is 18.1 Å². The van der Waals surface area contributed by atoms with Gasteiger partial charge in [-0.15, -0.1) is 0 Å². The van der Waals surface area contributed by atoms with Crippen molar-refractivity contribution in [2.45, 2.75) is 0 Å². The zero-order valence-corrected chi connectivity index (χ0v) is 15.7. The molecule has 144 valence electrons. The van der Waals surface area contributed by atoms with Crippen molar-refractivity contribution in [3.05, 3.63) is 60.4 Å². The number of para-hydroxylation sites is 1. The topological polar surface area (TPSA) is 91.4 Å². The van der Waals surface area contributed by atoms with E-state index in [9.17, 15) is 9.59 Å². The predicted octanol–water partition coefficient (Wildman–Crippen LogP) is 2.70. The van der Waals surface area contributed by atoms with E-state index in [1.807, 2.05) is 42.5 Å². The highest BCUT2D eigenvalue weighted by Crippen LogP contribution is 2.17. The molecule has 0 saturated carbocycles. The first kappa shape index (κ1) is 19.1. The molecule has 0 aliphatic rings. The maximum Gasteiger partial charge on any atom is 0.409 e. The maximum absolute atomic E-state index is 12.9. The Kier molecular flexibility index (Phi) is 6.01. The molecule has 0 unspecified atom stereocenters. The van der Waals surface area contributed by atoms with Crippen molar-refractivity contribution in [3.63, 3.8) is 0 Å². The third-order valence-corrected chi connectivity index (χ3v) is 4.23. The number of benzene rings is 1. The summed E-state index contributed by atoms with van der Waals surface area (Å²) >= 11 is 0. The fourth-order valence-electron chi connectivity index (χ4n) is 2.71. The van der Waals surface area contributed by atoms with Crippen LogP contribution in [-0.4, -0.2) is 59.3 Å². The molecule has 0 aliphatic carbocycles. The molecule has 2 aromatic heterocycles. The summed E-state index contributed by atoms with van der Waals surface area (Å²) in [5.41, 5.74) is 2.04. The fourth-order valence-corrected chi connectivity index (χ4v) is 2.71. The van der Waals surface area contributed by atoms with E-state index in [2.05, 4.69) is 15.2 Å². The Morgan fingerprint density at radius 3 is 2.68 bits per heavy atom. The molecule has 0 bridgehead atoms. The first-order valence-electron chi connectivity index (χ1n) is 8.73. The molecule has 1 aromatic carbocycles. The Morgan fingerprint density at radius 2 is 1.93 bits per heavy atom. The average Bonchev–Trinajstić information content (AvgIpc) is 3.15. The molecular formula is C20H21N5O3. The van der Waals surface area contributed by atoms with E-state index < -0.39 is 6.09 Å². The van der Waals surface area contributed by atoms with Gasteiger partial charge in [-0.05, 0) is 30.3 Å². The molecule has 8 heteroatoms. The van der Waals surface area contributed by atoms with Gasteiger partial charge >= 0.3 is 6.09 Å². The summed E-state index contributed by atoms with van der Waals surface area (Å²) in [6.07, 6.45) is 4.37. The van der Waals surface area contributed by atoms with Crippen LogP contribution >= 0.6 is 0 Å². The molecule has 0 saturated heterocycles. The average molecular weight is 379 g/mol. The molecule has 1 N–H and O–H groups in total. The van der Waals surface area contributed by atoms with E-state index in [0.29, 0.717) is 24.4 Å². The largest absolute Gasteiger partial charge is 0.453 e. The number of carbonyl (C=O) groups excluding carboxylic acids is 2. The second kappa shape index (κ2) is 8.81. The number of likely N-dealkylation sites (N-methyl/N-ethyl adjacent to an activating group) is 1. The molecule has 0 radical (unpaired) electrons. The Labute approximate surface area is 162 Å². The number of hydrogen-bond acceptors (Lipinski definition) is 5. The Hall–Kier alpha value is -3.68. The predicted molar refractivity (Wildman–Crippen MR) is 107 cm³/mol. The van der Waals surface area contributed by atoms with Gasteiger partial charge in [-0.2, -0.15) is 5.10 Å². The van der Waals surface area contributed by atoms with E-state index in [1.54, 1.807) is 24.2 Å². The van der Waals surface area contributed by atoms with Crippen LogP contribution in [0.25, 0.3) is 17.1 Å². The normalized spacial score (nSPS) is 10.9. The minimum Gasteiger partial charge on any atom is -0.453 e. The van der Waals surface area contributed by atoms with Gasteiger partial charge in [-0.1, -0.05) is 18.2 Å². The molecule has 0 spiro atoms. The van der Waals surface area contributed by atoms with Gasteiger partial charge < -0.3 is 14.5 Å². The van der Waals surface area contributed by atoms with Crippen LogP contribution in [0.1, 0.15) is 5.69 Å². The minimum absolute atomic E-state index is 0.212. The van der Waals surface area contributed by atoms with Crippen LogP contribution in [0.4, 0.5) is 10.5 Å². The first-order valence-corrected chi connectivity index (χ1v) is 8.73. The molecule has 0 fully saturated rings. The standard InChI is InChI=1S/C20H21N5O3/c1-24(20(27)28-2)13-14-25(15-7-4-3-5-8-15)18(26)11-10-17-16-9-6-12-21-19(16)23-22-17/h3-12H,13-14H2,1-2H3,(H,21,22,23)/b11-10+. The van der Waals surface area contributed by atoms with Gasteiger partial charge in [0.05, 0.1) is 12.8 Å². The minimum atomic E-state index is -0.451. The summed E-state index contributed by atoms with van der Waals surface area (Å²) in [5.74, 6) is -0.212. The summed E-state index contributed by atoms with van der Waals surface area (Å²) in [6.45, 7) is 0.655. The van der Waals surface area contributed by atoms with E-state index in [0.717, 1.165) is 11.1 Å². The van der Waals surface area contributed by atoms with Crippen LogP contribution in [-0.2, 0) is 9.53 Å². The van der Waals surface area contributed by atoms with Crippen LogP contribution in [0.15, 0.2) is 54.7 Å². The molecule has 8 nitrogen and oxygen atoms in total. The summed E-state index contributed by atoms with van der Waals surface area (Å²) in [5, 5.41) is 7.84. The molecule has 2 amide bonds. The smallest absolute Gasteiger partial charge is 0.409 e. The second-order valence-corrected chi connectivity index (χ2v) is 6.06. The zero-order chi connectivity index (χ0) is 19.9. The van der Waals surface area contributed by atoms with Crippen molar-refractivity contribution in [3.8, 4) is 0 Å². The quantitative estimate of drug-likeness (QED) is 0.665. The number of H-pyrrole nitrogens is 1.